The topological polar surface area (TPSA) is 44.4 Å². The van der Waals surface area contributed by atoms with Crippen molar-refractivity contribution in [3.05, 3.63) is 29.3 Å². The molecule has 0 heterocycles. The highest BCUT2D eigenvalue weighted by Gasteiger charge is 2.29. The van der Waals surface area contributed by atoms with E-state index in [0.29, 0.717) is 12.6 Å². The lowest BCUT2D eigenvalue weighted by atomic mass is 10.1. The summed E-state index contributed by atoms with van der Waals surface area (Å²) >= 11 is 0. The maximum Gasteiger partial charge on any atom is 0.251 e. The minimum Gasteiger partial charge on any atom is -0.385 e. The van der Waals surface area contributed by atoms with Gasteiger partial charge in [-0.3, -0.25) is 9.69 Å². The summed E-state index contributed by atoms with van der Waals surface area (Å²) in [7, 11) is 2.14. The minimum absolute atomic E-state index is 0.0113. The molecule has 1 atom stereocenters. The molecule has 0 saturated heterocycles. The molecule has 0 bridgehead atoms. The zero-order chi connectivity index (χ0) is 15.4. The summed E-state index contributed by atoms with van der Waals surface area (Å²) < 4.78 is 0. The van der Waals surface area contributed by atoms with Gasteiger partial charge in [0.05, 0.1) is 0 Å². The van der Waals surface area contributed by atoms with Gasteiger partial charge < -0.3 is 10.6 Å². The Balaban J connectivity index is 1.89. The first-order chi connectivity index (χ1) is 10.0. The number of benzene rings is 1. The first-order valence-corrected chi connectivity index (χ1v) is 7.87. The van der Waals surface area contributed by atoms with Crippen molar-refractivity contribution in [2.75, 3.05) is 25.5 Å². The van der Waals surface area contributed by atoms with Crippen LogP contribution in [0.3, 0.4) is 0 Å². The molecule has 1 aliphatic carbocycles. The van der Waals surface area contributed by atoms with Crippen molar-refractivity contribution < 1.29 is 4.79 Å². The smallest absolute Gasteiger partial charge is 0.251 e. The Morgan fingerprint density at radius 3 is 2.71 bits per heavy atom. The normalized spacial score (nSPS) is 15.9. The molecule has 21 heavy (non-hydrogen) atoms. The zero-order valence-corrected chi connectivity index (χ0v) is 13.6. The fourth-order valence-corrected chi connectivity index (χ4v) is 2.52. The summed E-state index contributed by atoms with van der Waals surface area (Å²) in [4.78, 5) is 14.6. The molecule has 1 aromatic rings. The highest BCUT2D eigenvalue weighted by molar-refractivity contribution is 5.94. The van der Waals surface area contributed by atoms with Crippen molar-refractivity contribution in [1.29, 1.82) is 0 Å². The molecule has 2 rings (SSSR count). The monoisotopic (exact) mass is 289 g/mol. The molecule has 0 aromatic heterocycles. The van der Waals surface area contributed by atoms with E-state index in [1.54, 1.807) is 0 Å². The number of nitrogens with one attached hydrogen (secondary N) is 2. The summed E-state index contributed by atoms with van der Waals surface area (Å²) in [5.41, 5.74) is 2.93. The van der Waals surface area contributed by atoms with Crippen LogP contribution >= 0.6 is 0 Å². The molecular formula is C17H27N3O. The van der Waals surface area contributed by atoms with E-state index in [9.17, 15) is 4.79 Å². The highest BCUT2D eigenvalue weighted by atomic mass is 16.1. The van der Waals surface area contributed by atoms with Crippen molar-refractivity contribution in [2.24, 2.45) is 0 Å². The Bertz CT molecular complexity index is 497. The van der Waals surface area contributed by atoms with Crippen LogP contribution in [0.4, 0.5) is 5.69 Å². The van der Waals surface area contributed by atoms with Crippen LogP contribution in [0.15, 0.2) is 18.2 Å². The standard InChI is InChI=1S/C17H27N3O/c1-5-18-16-9-6-14(10-12(16)2)17(21)19-11-13(3)20(4)15-7-8-15/h6,9-10,13,15,18H,5,7-8,11H2,1-4H3,(H,19,21). The van der Waals surface area contributed by atoms with Crippen LogP contribution in [0.5, 0.6) is 0 Å². The van der Waals surface area contributed by atoms with Crippen LogP contribution in [0.1, 0.15) is 42.6 Å². The largest absolute Gasteiger partial charge is 0.385 e. The lowest BCUT2D eigenvalue weighted by Crippen LogP contribution is -2.41. The maximum atomic E-state index is 12.2. The Morgan fingerprint density at radius 1 is 1.43 bits per heavy atom. The van der Waals surface area contributed by atoms with Gasteiger partial charge in [-0.15, -0.1) is 0 Å². The number of anilines is 1. The van der Waals surface area contributed by atoms with E-state index in [1.807, 2.05) is 25.1 Å². The van der Waals surface area contributed by atoms with Crippen LogP contribution in [-0.4, -0.2) is 43.0 Å². The molecule has 4 heteroatoms. The number of hydrogen-bond donors (Lipinski definition) is 2. The van der Waals surface area contributed by atoms with Gasteiger partial charge in [0.15, 0.2) is 0 Å². The predicted octanol–water partition coefficient (Wildman–Crippen LogP) is 2.64. The van der Waals surface area contributed by atoms with Crippen LogP contribution in [-0.2, 0) is 0 Å². The van der Waals surface area contributed by atoms with Crippen molar-refractivity contribution in [2.45, 2.75) is 45.7 Å². The quantitative estimate of drug-likeness (QED) is 0.811. The Labute approximate surface area is 127 Å². The second-order valence-electron chi connectivity index (χ2n) is 6.02. The zero-order valence-electron chi connectivity index (χ0n) is 13.6. The Morgan fingerprint density at radius 2 is 2.14 bits per heavy atom. The molecule has 4 nitrogen and oxygen atoms in total. The minimum atomic E-state index is 0.0113. The Kier molecular flexibility index (Phi) is 5.23. The summed E-state index contributed by atoms with van der Waals surface area (Å²) in [5.74, 6) is 0.0113. The van der Waals surface area contributed by atoms with Gasteiger partial charge in [-0.05, 0) is 64.4 Å². The van der Waals surface area contributed by atoms with E-state index in [2.05, 4.69) is 36.4 Å². The second kappa shape index (κ2) is 6.94. The first kappa shape index (κ1) is 15.8. The number of nitrogens with zero attached hydrogens (tertiary/aromatic N) is 1. The molecule has 116 valence electrons. The number of rotatable bonds is 7. The van der Waals surface area contributed by atoms with Crippen LogP contribution in [0.2, 0.25) is 0 Å². The fraction of sp³-hybridized carbons (Fsp3) is 0.588. The fourth-order valence-electron chi connectivity index (χ4n) is 2.52. The highest BCUT2D eigenvalue weighted by Crippen LogP contribution is 2.26. The lowest BCUT2D eigenvalue weighted by Gasteiger charge is -2.24. The van der Waals surface area contributed by atoms with E-state index in [-0.39, 0.29) is 5.91 Å². The van der Waals surface area contributed by atoms with Gasteiger partial charge in [-0.2, -0.15) is 0 Å². The van der Waals surface area contributed by atoms with Gasteiger partial charge in [-0.1, -0.05) is 0 Å². The average molecular weight is 289 g/mol. The van der Waals surface area contributed by atoms with Crippen LogP contribution < -0.4 is 10.6 Å². The van der Waals surface area contributed by atoms with Gasteiger partial charge in [0, 0.05) is 36.4 Å². The summed E-state index contributed by atoms with van der Waals surface area (Å²) in [6, 6.07) is 6.91. The van der Waals surface area contributed by atoms with E-state index in [0.717, 1.165) is 29.4 Å². The number of carbonyl (C=O) groups excluding carboxylic acids is 1. The molecule has 1 saturated carbocycles. The molecule has 1 aromatic carbocycles. The number of carbonyl (C=O) groups is 1. The summed E-state index contributed by atoms with van der Waals surface area (Å²) in [5, 5.41) is 6.33. The molecule has 1 aliphatic rings. The average Bonchev–Trinajstić information content (AvgIpc) is 3.30. The van der Waals surface area contributed by atoms with Crippen molar-refractivity contribution in [1.82, 2.24) is 10.2 Å². The van der Waals surface area contributed by atoms with Crippen molar-refractivity contribution >= 4 is 11.6 Å². The summed E-state index contributed by atoms with van der Waals surface area (Å²) in [6.45, 7) is 7.84. The molecule has 1 amide bonds. The van der Waals surface area contributed by atoms with Crippen LogP contribution in [0.25, 0.3) is 0 Å². The lowest BCUT2D eigenvalue weighted by molar-refractivity contribution is 0.0939. The van der Waals surface area contributed by atoms with E-state index in [4.69, 9.17) is 0 Å². The van der Waals surface area contributed by atoms with Gasteiger partial charge in [0.1, 0.15) is 0 Å². The first-order valence-electron chi connectivity index (χ1n) is 7.87. The van der Waals surface area contributed by atoms with Gasteiger partial charge in [0.2, 0.25) is 0 Å². The summed E-state index contributed by atoms with van der Waals surface area (Å²) in [6.07, 6.45) is 2.58. The number of hydrogen-bond acceptors (Lipinski definition) is 3. The number of aryl methyl sites for hydroxylation is 1. The third kappa shape index (κ3) is 4.21. The van der Waals surface area contributed by atoms with Crippen molar-refractivity contribution in [3.63, 3.8) is 0 Å². The molecule has 0 spiro atoms. The van der Waals surface area contributed by atoms with Gasteiger partial charge >= 0.3 is 0 Å². The SMILES string of the molecule is CCNc1ccc(C(=O)NCC(C)N(C)C2CC2)cc1C. The predicted molar refractivity (Wildman–Crippen MR) is 87.9 cm³/mol. The van der Waals surface area contributed by atoms with Gasteiger partial charge in [-0.25, -0.2) is 0 Å². The molecule has 1 unspecified atom stereocenters. The Hall–Kier alpha value is -1.55. The molecule has 0 radical (unpaired) electrons. The van der Waals surface area contributed by atoms with E-state index < -0.39 is 0 Å². The number of likely N-dealkylation sites (N-methyl/N-ethyl adjacent to an activating group) is 1. The van der Waals surface area contributed by atoms with Crippen molar-refractivity contribution in [3.8, 4) is 0 Å². The van der Waals surface area contributed by atoms with Crippen LogP contribution in [0, 0.1) is 6.92 Å². The number of amides is 1. The molecule has 2 N–H and O–H groups in total. The maximum absolute atomic E-state index is 12.2. The van der Waals surface area contributed by atoms with E-state index in [1.165, 1.54) is 12.8 Å². The molecule has 0 aliphatic heterocycles. The second-order valence-corrected chi connectivity index (χ2v) is 6.02. The van der Waals surface area contributed by atoms with Gasteiger partial charge in [0.25, 0.3) is 5.91 Å². The molecule has 1 fully saturated rings. The molecular weight excluding hydrogens is 262 g/mol. The third-order valence-electron chi connectivity index (χ3n) is 4.23. The van der Waals surface area contributed by atoms with E-state index >= 15 is 0 Å². The third-order valence-corrected chi connectivity index (χ3v) is 4.23.